The van der Waals surface area contributed by atoms with Gasteiger partial charge in [0.15, 0.2) is 16.8 Å². The van der Waals surface area contributed by atoms with Crippen LogP contribution >= 0.6 is 11.8 Å². The van der Waals surface area contributed by atoms with Crippen LogP contribution < -0.4 is 15.4 Å². The van der Waals surface area contributed by atoms with Crippen molar-refractivity contribution < 1.29 is 14.3 Å². The van der Waals surface area contributed by atoms with Gasteiger partial charge in [0.05, 0.1) is 25.1 Å². The number of Topliss-reactive ketones (excluding diaryl/α,β-unsaturated/α-hetero) is 1. The van der Waals surface area contributed by atoms with Gasteiger partial charge < -0.3 is 15.4 Å². The molecule has 0 atom stereocenters. The van der Waals surface area contributed by atoms with Gasteiger partial charge in [-0.2, -0.15) is 0 Å². The minimum Gasteiger partial charge on any atom is -0.495 e. The molecule has 2 N–H and O–H groups in total. The molecule has 0 saturated heterocycles. The maximum atomic E-state index is 12.6. The van der Waals surface area contributed by atoms with E-state index in [0.29, 0.717) is 28.8 Å². The Bertz CT molecular complexity index is 1310. The smallest absolute Gasteiger partial charge is 0.234 e. The molecule has 178 valence electrons. The zero-order chi connectivity index (χ0) is 24.6. The minimum absolute atomic E-state index is 0.0188. The number of aromatic nitrogens is 3. The molecule has 9 heteroatoms. The third kappa shape index (κ3) is 6.07. The highest BCUT2D eigenvalue weighted by atomic mass is 32.2. The van der Waals surface area contributed by atoms with Gasteiger partial charge >= 0.3 is 0 Å². The maximum absolute atomic E-state index is 12.6. The molecule has 4 rings (SSSR count). The first-order chi connectivity index (χ1) is 17.0. The molecular weight excluding hydrogens is 462 g/mol. The van der Waals surface area contributed by atoms with Gasteiger partial charge in [-0.1, -0.05) is 42.1 Å². The SMILES string of the molecule is COc1ccccc1NCc1nnc(SCC(=O)Nc2ccc(C(C)=O)cc2)n1-c1ccccc1. The zero-order valence-electron chi connectivity index (χ0n) is 19.4. The first-order valence-electron chi connectivity index (χ1n) is 11.0. The Morgan fingerprint density at radius 1 is 0.943 bits per heavy atom. The number of nitrogens with one attached hydrogen (secondary N) is 2. The van der Waals surface area contributed by atoms with E-state index in [-0.39, 0.29) is 17.4 Å². The van der Waals surface area contributed by atoms with Crippen molar-refractivity contribution >= 4 is 34.8 Å². The van der Waals surface area contributed by atoms with Crippen LogP contribution in [0, 0.1) is 0 Å². The van der Waals surface area contributed by atoms with E-state index < -0.39 is 0 Å². The van der Waals surface area contributed by atoms with E-state index in [0.717, 1.165) is 17.1 Å². The molecule has 1 aromatic heterocycles. The third-order valence-electron chi connectivity index (χ3n) is 5.17. The van der Waals surface area contributed by atoms with Crippen LogP contribution in [0.5, 0.6) is 5.75 Å². The number of ketones is 1. The Hall–Kier alpha value is -4.11. The maximum Gasteiger partial charge on any atom is 0.234 e. The van der Waals surface area contributed by atoms with Gasteiger partial charge in [-0.15, -0.1) is 10.2 Å². The van der Waals surface area contributed by atoms with Crippen molar-refractivity contribution in [1.82, 2.24) is 14.8 Å². The molecule has 0 bridgehead atoms. The van der Waals surface area contributed by atoms with Crippen LogP contribution in [0.2, 0.25) is 0 Å². The summed E-state index contributed by atoms with van der Waals surface area (Å²) in [5.74, 6) is 1.39. The van der Waals surface area contributed by atoms with Crippen molar-refractivity contribution in [3.8, 4) is 11.4 Å². The summed E-state index contributed by atoms with van der Waals surface area (Å²) in [4.78, 5) is 24.0. The number of hydrogen-bond acceptors (Lipinski definition) is 7. The van der Waals surface area contributed by atoms with Crippen LogP contribution in [0.4, 0.5) is 11.4 Å². The molecular formula is C26H25N5O3S. The summed E-state index contributed by atoms with van der Waals surface area (Å²) in [7, 11) is 1.63. The fourth-order valence-corrected chi connectivity index (χ4v) is 4.20. The lowest BCUT2D eigenvalue weighted by molar-refractivity contribution is -0.113. The number of amides is 1. The van der Waals surface area contributed by atoms with Gasteiger partial charge in [0, 0.05) is 16.9 Å². The summed E-state index contributed by atoms with van der Waals surface area (Å²) in [6, 6.07) is 24.2. The van der Waals surface area contributed by atoms with Crippen LogP contribution in [0.1, 0.15) is 23.1 Å². The molecule has 35 heavy (non-hydrogen) atoms. The quantitative estimate of drug-likeness (QED) is 0.244. The fraction of sp³-hybridized carbons (Fsp3) is 0.154. The Labute approximate surface area is 207 Å². The number of nitrogens with zero attached hydrogens (tertiary/aromatic N) is 3. The predicted molar refractivity (Wildman–Crippen MR) is 137 cm³/mol. The average Bonchev–Trinajstić information content (AvgIpc) is 3.30. The van der Waals surface area contributed by atoms with Gasteiger partial charge in [0.2, 0.25) is 5.91 Å². The summed E-state index contributed by atoms with van der Waals surface area (Å²) in [5, 5.41) is 15.5. The zero-order valence-corrected chi connectivity index (χ0v) is 20.2. The standard InChI is InChI=1S/C26H25N5O3S/c1-18(32)19-12-14-20(15-13-19)28-25(33)17-35-26-30-29-24(31(26)21-8-4-3-5-9-21)16-27-22-10-6-7-11-23(22)34-2/h3-15,27H,16-17H2,1-2H3,(H,28,33). The summed E-state index contributed by atoms with van der Waals surface area (Å²) >= 11 is 1.30. The first-order valence-corrected chi connectivity index (χ1v) is 11.9. The topological polar surface area (TPSA) is 98.1 Å². The second-order valence-corrected chi connectivity index (χ2v) is 8.54. The third-order valence-corrected chi connectivity index (χ3v) is 6.10. The Balaban J connectivity index is 1.47. The number of ether oxygens (including phenoxy) is 1. The van der Waals surface area contributed by atoms with Crippen molar-refractivity contribution in [1.29, 1.82) is 0 Å². The summed E-state index contributed by atoms with van der Waals surface area (Å²) in [5.41, 5.74) is 2.98. The van der Waals surface area contributed by atoms with Crippen LogP contribution in [-0.2, 0) is 11.3 Å². The second-order valence-electron chi connectivity index (χ2n) is 7.59. The molecule has 0 aliphatic rings. The number of carbonyl (C=O) groups excluding carboxylic acids is 2. The monoisotopic (exact) mass is 487 g/mol. The number of hydrogen-bond donors (Lipinski definition) is 2. The Kier molecular flexibility index (Phi) is 7.79. The number of carbonyl (C=O) groups is 2. The summed E-state index contributed by atoms with van der Waals surface area (Å²) in [6.07, 6.45) is 0. The summed E-state index contributed by atoms with van der Waals surface area (Å²) in [6.45, 7) is 1.92. The van der Waals surface area contributed by atoms with E-state index in [1.54, 1.807) is 31.4 Å². The highest BCUT2D eigenvalue weighted by molar-refractivity contribution is 7.99. The molecule has 4 aromatic rings. The van der Waals surface area contributed by atoms with Crippen molar-refractivity contribution in [2.75, 3.05) is 23.5 Å². The molecule has 0 radical (unpaired) electrons. The lowest BCUT2D eigenvalue weighted by Crippen LogP contribution is -2.15. The molecule has 0 aliphatic heterocycles. The van der Waals surface area contributed by atoms with E-state index >= 15 is 0 Å². The molecule has 1 heterocycles. The van der Waals surface area contributed by atoms with Crippen molar-refractivity contribution in [3.05, 3.63) is 90.3 Å². The van der Waals surface area contributed by atoms with Crippen molar-refractivity contribution in [2.24, 2.45) is 0 Å². The van der Waals surface area contributed by atoms with Crippen LogP contribution in [0.25, 0.3) is 5.69 Å². The lowest BCUT2D eigenvalue weighted by Gasteiger charge is -2.13. The second kappa shape index (κ2) is 11.3. The van der Waals surface area contributed by atoms with Crippen molar-refractivity contribution in [3.63, 3.8) is 0 Å². The summed E-state index contributed by atoms with van der Waals surface area (Å²) < 4.78 is 7.35. The van der Waals surface area contributed by atoms with Crippen LogP contribution in [0.15, 0.2) is 84.0 Å². The predicted octanol–water partition coefficient (Wildman–Crippen LogP) is 4.82. The number of benzene rings is 3. The lowest BCUT2D eigenvalue weighted by atomic mass is 10.1. The highest BCUT2D eigenvalue weighted by Gasteiger charge is 2.16. The number of anilines is 2. The molecule has 1 amide bonds. The minimum atomic E-state index is -0.179. The molecule has 8 nitrogen and oxygen atoms in total. The van der Waals surface area contributed by atoms with Gasteiger partial charge in [-0.3, -0.25) is 14.2 Å². The van der Waals surface area contributed by atoms with Crippen LogP contribution in [-0.4, -0.2) is 39.3 Å². The Morgan fingerprint density at radius 3 is 2.37 bits per heavy atom. The number of para-hydroxylation sites is 3. The number of methoxy groups -OCH3 is 1. The van der Waals surface area contributed by atoms with Crippen molar-refractivity contribution in [2.45, 2.75) is 18.6 Å². The van der Waals surface area contributed by atoms with Crippen LogP contribution in [0.3, 0.4) is 0 Å². The van der Waals surface area contributed by atoms with E-state index in [1.807, 2.05) is 59.2 Å². The fourth-order valence-electron chi connectivity index (χ4n) is 3.43. The number of thioether (sulfide) groups is 1. The number of rotatable bonds is 10. The molecule has 0 saturated carbocycles. The van der Waals surface area contributed by atoms with Gasteiger partial charge in [0.25, 0.3) is 0 Å². The van der Waals surface area contributed by atoms with E-state index in [4.69, 9.17) is 4.74 Å². The van der Waals surface area contributed by atoms with Gasteiger partial charge in [0.1, 0.15) is 5.75 Å². The van der Waals surface area contributed by atoms with E-state index in [9.17, 15) is 9.59 Å². The van der Waals surface area contributed by atoms with Gasteiger partial charge in [-0.25, -0.2) is 0 Å². The molecule has 0 unspecified atom stereocenters. The largest absolute Gasteiger partial charge is 0.495 e. The molecule has 3 aromatic carbocycles. The normalized spacial score (nSPS) is 10.6. The molecule has 0 spiro atoms. The van der Waals surface area contributed by atoms with E-state index in [1.165, 1.54) is 18.7 Å². The molecule has 0 fully saturated rings. The highest BCUT2D eigenvalue weighted by Crippen LogP contribution is 2.26. The first kappa shape index (κ1) is 24.0. The van der Waals surface area contributed by atoms with Gasteiger partial charge in [-0.05, 0) is 55.5 Å². The molecule has 0 aliphatic carbocycles. The Morgan fingerprint density at radius 2 is 1.66 bits per heavy atom. The van der Waals surface area contributed by atoms with E-state index in [2.05, 4.69) is 20.8 Å². The average molecular weight is 488 g/mol.